The van der Waals surface area contributed by atoms with Gasteiger partial charge in [-0.05, 0) is 31.2 Å². The highest BCUT2D eigenvalue weighted by atomic mass is 35.5. The molecule has 2 aromatic carbocycles. The number of sulfone groups is 1. The number of anilines is 1. The highest BCUT2D eigenvalue weighted by Gasteiger charge is 2.36. The third-order valence-corrected chi connectivity index (χ3v) is 7.02. The molecule has 33 heavy (non-hydrogen) atoms. The molecule has 172 valence electrons. The molecule has 1 aromatic heterocycles. The molecule has 0 saturated carbocycles. The van der Waals surface area contributed by atoms with E-state index in [1.165, 1.54) is 25.2 Å². The lowest BCUT2D eigenvalue weighted by Crippen LogP contribution is -2.41. The topological polar surface area (TPSA) is 98.9 Å². The van der Waals surface area contributed by atoms with Crippen LogP contribution in [0.1, 0.15) is 16.1 Å². The van der Waals surface area contributed by atoms with E-state index in [-0.39, 0.29) is 22.8 Å². The van der Waals surface area contributed by atoms with Crippen LogP contribution in [0, 0.1) is 6.92 Å². The molecule has 0 radical (unpaired) electrons. The number of nitrogens with zero attached hydrogens (tertiary/aromatic N) is 2. The summed E-state index contributed by atoms with van der Waals surface area (Å²) in [5.74, 6) is 0.375. The summed E-state index contributed by atoms with van der Waals surface area (Å²) in [5, 5.41) is 5.59. The predicted octanol–water partition coefficient (Wildman–Crippen LogP) is 4.28. The van der Waals surface area contributed by atoms with E-state index in [4.69, 9.17) is 25.6 Å². The van der Waals surface area contributed by atoms with Gasteiger partial charge in [0.1, 0.15) is 28.5 Å². The first kappa shape index (κ1) is 22.9. The van der Waals surface area contributed by atoms with Crippen molar-refractivity contribution in [3.05, 3.63) is 70.3 Å². The Morgan fingerprint density at radius 3 is 2.58 bits per heavy atom. The van der Waals surface area contributed by atoms with Crippen LogP contribution in [-0.2, 0) is 9.84 Å². The van der Waals surface area contributed by atoms with E-state index < -0.39 is 21.8 Å². The standard InChI is InChI=1S/C23H21ClN2O6S/c1-14-21(22(25-32-14)17-6-4-5-7-18(17)24)23(27)26(15-10-11-33(28,29)13-15)19-9-8-16(30-2)12-20(19)31-3/h4-12,15H,13H2,1-3H3/t15-/m1/s1. The normalized spacial score (nSPS) is 16.5. The van der Waals surface area contributed by atoms with Crippen LogP contribution in [0.25, 0.3) is 11.3 Å². The molecule has 0 aliphatic carbocycles. The first-order valence-electron chi connectivity index (χ1n) is 9.93. The number of hydrogen-bond donors (Lipinski definition) is 0. The summed E-state index contributed by atoms with van der Waals surface area (Å²) in [6.45, 7) is 1.62. The molecule has 3 aromatic rings. The number of aromatic nitrogens is 1. The van der Waals surface area contributed by atoms with Crippen LogP contribution >= 0.6 is 11.6 Å². The molecular formula is C23H21ClN2O6S. The minimum atomic E-state index is -3.46. The summed E-state index contributed by atoms with van der Waals surface area (Å²) in [7, 11) is -0.488. The molecule has 2 heterocycles. The van der Waals surface area contributed by atoms with Crippen LogP contribution in [-0.4, -0.2) is 45.5 Å². The third kappa shape index (κ3) is 4.34. The van der Waals surface area contributed by atoms with Gasteiger partial charge in [-0.2, -0.15) is 0 Å². The zero-order valence-electron chi connectivity index (χ0n) is 18.1. The maximum absolute atomic E-state index is 14.0. The fourth-order valence-corrected chi connectivity index (χ4v) is 5.22. The lowest BCUT2D eigenvalue weighted by molar-refractivity contribution is 0.0981. The Hall–Kier alpha value is -3.30. The summed E-state index contributed by atoms with van der Waals surface area (Å²) in [5.41, 5.74) is 1.35. The molecule has 0 bridgehead atoms. The molecule has 0 fully saturated rings. The van der Waals surface area contributed by atoms with Crippen LogP contribution in [0.2, 0.25) is 5.02 Å². The number of carbonyl (C=O) groups excluding carboxylic acids is 1. The van der Waals surface area contributed by atoms with Gasteiger partial charge >= 0.3 is 0 Å². The SMILES string of the molecule is COc1ccc(N(C(=O)c2c(-c3ccccc3Cl)noc2C)[C@@H]2C=CS(=O)(=O)C2)c(OC)c1. The second-order valence-corrected chi connectivity index (χ2v) is 9.72. The Bertz CT molecular complexity index is 1350. The second kappa shape index (κ2) is 8.92. The van der Waals surface area contributed by atoms with E-state index in [0.29, 0.717) is 27.8 Å². The Morgan fingerprint density at radius 2 is 1.94 bits per heavy atom. The van der Waals surface area contributed by atoms with Gasteiger partial charge in [0.05, 0.1) is 36.7 Å². The van der Waals surface area contributed by atoms with Gasteiger partial charge < -0.3 is 14.0 Å². The first-order chi connectivity index (χ1) is 15.8. The second-order valence-electron chi connectivity index (χ2n) is 7.38. The van der Waals surface area contributed by atoms with E-state index in [0.717, 1.165) is 5.41 Å². The van der Waals surface area contributed by atoms with E-state index in [2.05, 4.69) is 5.16 Å². The number of amides is 1. The Labute approximate surface area is 196 Å². The van der Waals surface area contributed by atoms with Crippen molar-refractivity contribution in [1.82, 2.24) is 5.16 Å². The molecule has 0 unspecified atom stereocenters. The quantitative estimate of drug-likeness (QED) is 0.510. The molecule has 1 aliphatic rings. The van der Waals surface area contributed by atoms with Crippen molar-refractivity contribution in [3.63, 3.8) is 0 Å². The molecular weight excluding hydrogens is 468 g/mol. The van der Waals surface area contributed by atoms with Crippen molar-refractivity contribution in [2.75, 3.05) is 24.9 Å². The minimum Gasteiger partial charge on any atom is -0.497 e. The van der Waals surface area contributed by atoms with Crippen molar-refractivity contribution < 1.29 is 27.2 Å². The van der Waals surface area contributed by atoms with Gasteiger partial charge in [0.25, 0.3) is 5.91 Å². The predicted molar refractivity (Wildman–Crippen MR) is 125 cm³/mol. The van der Waals surface area contributed by atoms with Gasteiger partial charge in [0.2, 0.25) is 0 Å². The molecule has 8 nitrogen and oxygen atoms in total. The highest BCUT2D eigenvalue weighted by Crippen LogP contribution is 2.38. The number of halogens is 1. The fourth-order valence-electron chi connectivity index (χ4n) is 3.72. The molecule has 1 aliphatic heterocycles. The van der Waals surface area contributed by atoms with Crippen LogP contribution in [0.3, 0.4) is 0 Å². The Balaban J connectivity index is 1.89. The van der Waals surface area contributed by atoms with Crippen molar-refractivity contribution in [1.29, 1.82) is 0 Å². The van der Waals surface area contributed by atoms with Gasteiger partial charge in [-0.3, -0.25) is 9.69 Å². The highest BCUT2D eigenvalue weighted by molar-refractivity contribution is 7.94. The summed E-state index contributed by atoms with van der Waals surface area (Å²) in [6, 6.07) is 11.1. The number of ether oxygens (including phenoxy) is 2. The summed E-state index contributed by atoms with van der Waals surface area (Å²) < 4.78 is 40.6. The van der Waals surface area contributed by atoms with Crippen molar-refractivity contribution >= 4 is 33.0 Å². The molecule has 1 atom stereocenters. The van der Waals surface area contributed by atoms with Crippen molar-refractivity contribution in [2.45, 2.75) is 13.0 Å². The number of rotatable bonds is 6. The van der Waals surface area contributed by atoms with E-state index >= 15 is 0 Å². The monoisotopic (exact) mass is 488 g/mol. The molecule has 0 N–H and O–H groups in total. The van der Waals surface area contributed by atoms with Crippen LogP contribution < -0.4 is 14.4 Å². The van der Waals surface area contributed by atoms with Gasteiger partial charge in [-0.1, -0.05) is 35.0 Å². The third-order valence-electron chi connectivity index (χ3n) is 5.31. The zero-order valence-corrected chi connectivity index (χ0v) is 19.7. The number of aryl methyl sites for hydroxylation is 1. The smallest absolute Gasteiger partial charge is 0.264 e. The summed E-state index contributed by atoms with van der Waals surface area (Å²) in [6.07, 6.45) is 1.48. The summed E-state index contributed by atoms with van der Waals surface area (Å²) in [4.78, 5) is 15.4. The van der Waals surface area contributed by atoms with E-state index in [9.17, 15) is 13.2 Å². The summed E-state index contributed by atoms with van der Waals surface area (Å²) >= 11 is 6.36. The fraction of sp³-hybridized carbons (Fsp3) is 0.217. The lowest BCUT2D eigenvalue weighted by Gasteiger charge is -2.29. The van der Waals surface area contributed by atoms with Crippen LogP contribution in [0.5, 0.6) is 11.5 Å². The van der Waals surface area contributed by atoms with Gasteiger partial charge in [-0.25, -0.2) is 8.42 Å². The number of methoxy groups -OCH3 is 2. The molecule has 4 rings (SSSR count). The van der Waals surface area contributed by atoms with E-state index in [1.807, 2.05) is 0 Å². The lowest BCUT2D eigenvalue weighted by atomic mass is 10.0. The molecule has 1 amide bonds. The number of hydrogen-bond acceptors (Lipinski definition) is 7. The van der Waals surface area contributed by atoms with Crippen LogP contribution in [0.15, 0.2) is 58.5 Å². The Kier molecular flexibility index (Phi) is 6.18. The Morgan fingerprint density at radius 1 is 1.18 bits per heavy atom. The average Bonchev–Trinajstić information content (AvgIpc) is 3.35. The molecule has 0 saturated heterocycles. The van der Waals surface area contributed by atoms with Gasteiger partial charge in [0.15, 0.2) is 9.84 Å². The van der Waals surface area contributed by atoms with Gasteiger partial charge in [-0.15, -0.1) is 0 Å². The number of carbonyl (C=O) groups is 1. The number of benzene rings is 2. The van der Waals surface area contributed by atoms with Crippen LogP contribution in [0.4, 0.5) is 5.69 Å². The maximum atomic E-state index is 14.0. The van der Waals surface area contributed by atoms with E-state index in [1.54, 1.807) is 49.4 Å². The molecule has 10 heteroatoms. The first-order valence-corrected chi connectivity index (χ1v) is 12.0. The van der Waals surface area contributed by atoms with Crippen molar-refractivity contribution in [3.8, 4) is 22.8 Å². The zero-order chi connectivity index (χ0) is 23.8. The maximum Gasteiger partial charge on any atom is 0.264 e. The largest absolute Gasteiger partial charge is 0.497 e. The van der Waals surface area contributed by atoms with Gasteiger partial charge in [0, 0.05) is 17.0 Å². The molecule has 0 spiro atoms. The minimum absolute atomic E-state index is 0.179. The average molecular weight is 489 g/mol. The van der Waals surface area contributed by atoms with Crippen molar-refractivity contribution in [2.24, 2.45) is 0 Å².